The van der Waals surface area contributed by atoms with Gasteiger partial charge in [-0.3, -0.25) is 14.3 Å². The topological polar surface area (TPSA) is 76.5 Å². The molecule has 1 aliphatic heterocycles. The molecule has 172 valence electrons. The van der Waals surface area contributed by atoms with Crippen LogP contribution >= 0.6 is 23.4 Å². The van der Waals surface area contributed by atoms with Gasteiger partial charge in [-0.15, -0.1) is 0 Å². The molecule has 0 saturated carbocycles. The highest BCUT2D eigenvalue weighted by atomic mass is 35.5. The van der Waals surface area contributed by atoms with E-state index in [1.54, 1.807) is 0 Å². The van der Waals surface area contributed by atoms with Crippen LogP contribution in [0.4, 0.5) is 10.1 Å². The number of thioether (sulfide) groups is 1. The van der Waals surface area contributed by atoms with Crippen molar-refractivity contribution in [1.29, 1.82) is 0 Å². The Hall–Kier alpha value is -1.94. The second-order valence-electron chi connectivity index (χ2n) is 7.90. The molecule has 10 heteroatoms. The summed E-state index contributed by atoms with van der Waals surface area (Å²) in [5, 5.41) is 3.29. The largest absolute Gasteiger partial charge is 0.379 e. The standard InChI is InChI=1S/C22H26ClFN4O3S/c23-17-13-15(5-6-18(17)24)25-20(29)14-32-21-16-3-1-4-19(16)28(22(30)26-21)8-2-7-27-9-11-31-12-10-27/h5-6,13H,1-4,7-12,14H2,(H,25,29). The molecule has 1 saturated heterocycles. The Morgan fingerprint density at radius 3 is 2.84 bits per heavy atom. The fraction of sp³-hybridized carbons (Fsp3) is 0.500. The number of morpholine rings is 1. The van der Waals surface area contributed by atoms with Gasteiger partial charge in [-0.05, 0) is 43.9 Å². The highest BCUT2D eigenvalue weighted by Crippen LogP contribution is 2.29. The number of carbonyl (C=O) groups excluding carboxylic acids is 1. The highest BCUT2D eigenvalue weighted by molar-refractivity contribution is 8.00. The molecular formula is C22H26ClFN4O3S. The number of carbonyl (C=O) groups is 1. The number of aromatic nitrogens is 2. The van der Waals surface area contributed by atoms with Crippen LogP contribution in [0.2, 0.25) is 5.02 Å². The monoisotopic (exact) mass is 480 g/mol. The average Bonchev–Trinajstić information content (AvgIpc) is 3.27. The molecule has 1 aliphatic carbocycles. The number of amides is 1. The second kappa shape index (κ2) is 10.8. The van der Waals surface area contributed by atoms with E-state index in [4.69, 9.17) is 16.3 Å². The van der Waals surface area contributed by atoms with Gasteiger partial charge in [0, 0.05) is 43.1 Å². The van der Waals surface area contributed by atoms with E-state index in [0.29, 0.717) is 17.3 Å². The lowest BCUT2D eigenvalue weighted by atomic mass is 10.2. The molecule has 2 aromatic rings. The molecule has 0 spiro atoms. The van der Waals surface area contributed by atoms with Gasteiger partial charge in [-0.25, -0.2) is 9.18 Å². The minimum atomic E-state index is -0.538. The number of hydrogen-bond acceptors (Lipinski definition) is 6. The van der Waals surface area contributed by atoms with Crippen LogP contribution in [-0.2, 0) is 28.9 Å². The van der Waals surface area contributed by atoms with Crippen molar-refractivity contribution >= 4 is 35.0 Å². The minimum Gasteiger partial charge on any atom is -0.379 e. The van der Waals surface area contributed by atoms with Gasteiger partial charge in [0.25, 0.3) is 0 Å². The average molecular weight is 481 g/mol. The Labute approximate surface area is 195 Å². The Kier molecular flexibility index (Phi) is 7.83. The van der Waals surface area contributed by atoms with Crippen LogP contribution in [0.1, 0.15) is 24.1 Å². The van der Waals surface area contributed by atoms with Crippen LogP contribution in [-0.4, -0.2) is 59.0 Å². The number of benzene rings is 1. The van der Waals surface area contributed by atoms with E-state index in [2.05, 4.69) is 15.2 Å². The number of nitrogens with one attached hydrogen (secondary N) is 1. The summed E-state index contributed by atoms with van der Waals surface area (Å²) in [7, 11) is 0. The van der Waals surface area contributed by atoms with E-state index in [-0.39, 0.29) is 22.4 Å². The van der Waals surface area contributed by atoms with Gasteiger partial charge >= 0.3 is 5.69 Å². The summed E-state index contributed by atoms with van der Waals surface area (Å²) in [5.41, 5.74) is 2.32. The molecule has 1 aromatic carbocycles. The van der Waals surface area contributed by atoms with Crippen LogP contribution in [0.5, 0.6) is 0 Å². The van der Waals surface area contributed by atoms with E-state index < -0.39 is 5.82 Å². The minimum absolute atomic E-state index is 0.0489. The van der Waals surface area contributed by atoms with Gasteiger partial charge in [0.2, 0.25) is 5.91 Å². The molecule has 4 rings (SSSR count). The molecule has 7 nitrogen and oxygen atoms in total. The Balaban J connectivity index is 1.37. The Morgan fingerprint density at radius 1 is 1.25 bits per heavy atom. The molecule has 32 heavy (non-hydrogen) atoms. The normalized spacial score (nSPS) is 16.2. The van der Waals surface area contributed by atoms with Crippen molar-refractivity contribution in [2.75, 3.05) is 43.9 Å². The zero-order chi connectivity index (χ0) is 22.5. The summed E-state index contributed by atoms with van der Waals surface area (Å²) in [6, 6.07) is 4.03. The molecule has 0 unspecified atom stereocenters. The van der Waals surface area contributed by atoms with Crippen molar-refractivity contribution in [3.8, 4) is 0 Å². The molecule has 2 heterocycles. The Morgan fingerprint density at radius 2 is 2.06 bits per heavy atom. The number of rotatable bonds is 8. The lowest BCUT2D eigenvalue weighted by molar-refractivity contribution is -0.113. The maximum atomic E-state index is 13.3. The van der Waals surface area contributed by atoms with Crippen LogP contribution in [0.25, 0.3) is 0 Å². The summed E-state index contributed by atoms with van der Waals surface area (Å²) in [4.78, 5) is 31.7. The van der Waals surface area contributed by atoms with E-state index in [0.717, 1.165) is 69.8 Å². The third-order valence-electron chi connectivity index (χ3n) is 5.70. The van der Waals surface area contributed by atoms with E-state index >= 15 is 0 Å². The zero-order valence-electron chi connectivity index (χ0n) is 17.7. The van der Waals surface area contributed by atoms with Crippen molar-refractivity contribution in [1.82, 2.24) is 14.5 Å². The van der Waals surface area contributed by atoms with Crippen molar-refractivity contribution in [3.05, 3.63) is 50.8 Å². The molecule has 0 radical (unpaired) electrons. The summed E-state index contributed by atoms with van der Waals surface area (Å²) < 4.78 is 20.5. The maximum absolute atomic E-state index is 13.3. The van der Waals surface area contributed by atoms with Crippen LogP contribution in [0, 0.1) is 5.82 Å². The maximum Gasteiger partial charge on any atom is 0.348 e. The van der Waals surface area contributed by atoms with Gasteiger partial charge in [0.15, 0.2) is 0 Å². The second-order valence-corrected chi connectivity index (χ2v) is 9.27. The van der Waals surface area contributed by atoms with Crippen molar-refractivity contribution in [2.45, 2.75) is 37.3 Å². The predicted molar refractivity (Wildman–Crippen MR) is 123 cm³/mol. The highest BCUT2D eigenvalue weighted by Gasteiger charge is 2.22. The van der Waals surface area contributed by atoms with Crippen LogP contribution < -0.4 is 11.0 Å². The number of halogens is 2. The summed E-state index contributed by atoms with van der Waals surface area (Å²) in [6.07, 6.45) is 3.60. The van der Waals surface area contributed by atoms with Crippen molar-refractivity contribution in [2.24, 2.45) is 0 Å². The summed E-state index contributed by atoms with van der Waals surface area (Å²) in [5.74, 6) is -0.695. The lowest BCUT2D eigenvalue weighted by Crippen LogP contribution is -2.37. The summed E-state index contributed by atoms with van der Waals surface area (Å²) in [6.45, 7) is 5.01. The number of ether oxygens (including phenoxy) is 1. The molecule has 0 bridgehead atoms. The predicted octanol–water partition coefficient (Wildman–Crippen LogP) is 2.98. The number of nitrogens with zero attached hydrogens (tertiary/aromatic N) is 3. The smallest absolute Gasteiger partial charge is 0.348 e. The molecule has 0 atom stereocenters. The lowest BCUT2D eigenvalue weighted by Gasteiger charge is -2.26. The van der Waals surface area contributed by atoms with Crippen molar-refractivity contribution < 1.29 is 13.9 Å². The molecule has 2 aliphatic rings. The first kappa shape index (κ1) is 23.2. The molecule has 1 amide bonds. The van der Waals surface area contributed by atoms with E-state index in [9.17, 15) is 14.0 Å². The quantitative estimate of drug-likeness (QED) is 0.462. The molecule has 1 N–H and O–H groups in total. The van der Waals surface area contributed by atoms with Gasteiger partial charge in [-0.2, -0.15) is 4.98 Å². The van der Waals surface area contributed by atoms with Gasteiger partial charge in [-0.1, -0.05) is 23.4 Å². The van der Waals surface area contributed by atoms with Gasteiger partial charge in [0.1, 0.15) is 10.8 Å². The number of anilines is 1. The first-order valence-electron chi connectivity index (χ1n) is 10.8. The molecule has 1 aromatic heterocycles. The number of fused-ring (bicyclic) bond motifs is 1. The summed E-state index contributed by atoms with van der Waals surface area (Å²) >= 11 is 7.02. The third-order valence-corrected chi connectivity index (χ3v) is 7.01. The fourth-order valence-corrected chi connectivity index (χ4v) is 5.18. The van der Waals surface area contributed by atoms with Gasteiger partial charge in [0.05, 0.1) is 24.0 Å². The third kappa shape index (κ3) is 5.70. The SMILES string of the molecule is O=C(CSc1nc(=O)n(CCCN2CCOCC2)c2c1CCC2)Nc1ccc(F)c(Cl)c1. The zero-order valence-corrected chi connectivity index (χ0v) is 19.3. The van der Waals surface area contributed by atoms with Crippen molar-refractivity contribution in [3.63, 3.8) is 0 Å². The first-order chi connectivity index (χ1) is 15.5. The fourth-order valence-electron chi connectivity index (χ4n) is 4.12. The van der Waals surface area contributed by atoms with E-state index in [1.165, 1.54) is 30.0 Å². The van der Waals surface area contributed by atoms with Crippen LogP contribution in [0.15, 0.2) is 28.0 Å². The number of hydrogen-bond donors (Lipinski definition) is 1. The van der Waals surface area contributed by atoms with Gasteiger partial charge < -0.3 is 10.1 Å². The van der Waals surface area contributed by atoms with E-state index in [1.807, 2.05) is 4.57 Å². The first-order valence-corrected chi connectivity index (χ1v) is 12.2. The molecular weight excluding hydrogens is 455 g/mol. The Bertz CT molecular complexity index is 1040. The molecule has 1 fully saturated rings. The van der Waals surface area contributed by atoms with Crippen LogP contribution in [0.3, 0.4) is 0 Å².